The summed E-state index contributed by atoms with van der Waals surface area (Å²) >= 11 is 0.597. The molecule has 0 saturated carbocycles. The molecule has 0 aromatic carbocycles. The molecule has 2 N–H and O–H groups in total. The maximum atomic E-state index is 11.0. The third-order valence-electron chi connectivity index (χ3n) is 4.15. The fourth-order valence-electron chi connectivity index (χ4n) is 2.58. The molecule has 0 spiro atoms. The predicted octanol–water partition coefficient (Wildman–Crippen LogP) is 6.08. The average Bonchev–Trinajstić information content (AvgIpc) is 2.50. The van der Waals surface area contributed by atoms with Gasteiger partial charge in [-0.2, -0.15) is 0 Å². The summed E-state index contributed by atoms with van der Waals surface area (Å²) in [6, 6.07) is 0. The van der Waals surface area contributed by atoms with Gasteiger partial charge in [0.2, 0.25) is 0 Å². The van der Waals surface area contributed by atoms with Crippen LogP contribution >= 0.6 is 7.60 Å². The number of hydrogen-bond acceptors (Lipinski definition) is 1. The van der Waals surface area contributed by atoms with Crippen molar-refractivity contribution in [2.45, 2.75) is 98.1 Å². The predicted molar refractivity (Wildman–Crippen MR) is 95.3 cm³/mol. The van der Waals surface area contributed by atoms with E-state index in [1.807, 2.05) is 0 Å². The zero-order chi connectivity index (χ0) is 17.4. The Balaban J connectivity index is 3.24. The molecule has 0 aliphatic heterocycles. The normalized spacial score (nSPS) is 13.7. The van der Waals surface area contributed by atoms with E-state index >= 15 is 0 Å². The molecule has 0 aromatic rings. The van der Waals surface area contributed by atoms with E-state index in [0.29, 0.717) is 45.2 Å². The van der Waals surface area contributed by atoms with Crippen LogP contribution in [0, 0.1) is 38.8 Å². The summed E-state index contributed by atoms with van der Waals surface area (Å²) in [5.41, 5.74) is 0. The standard InChI is InChI=1S/C18H36O3P.Nd/c1-2-3-4-5-6-7-8-9-10-11-12-13-14-15-16-17-18-22(19,20)21;/h9-10,18H,2-8,11-17H2,1H3,(H2,19,20,21);/b10-9-;. The van der Waals surface area contributed by atoms with E-state index in [1.165, 1.54) is 70.6 Å². The molecule has 0 amide bonds. The van der Waals surface area contributed by atoms with Crippen LogP contribution in [0.15, 0.2) is 12.2 Å². The van der Waals surface area contributed by atoms with Crippen molar-refractivity contribution in [3.8, 4) is 0 Å². The van der Waals surface area contributed by atoms with Gasteiger partial charge in [0.25, 0.3) is 0 Å². The molecule has 0 aliphatic rings. The summed E-state index contributed by atoms with van der Waals surface area (Å²) in [4.78, 5) is 18.1. The molecular formula is C18H36NdO3P. The molecule has 0 saturated heterocycles. The maximum absolute atomic E-state index is 11.0. The van der Waals surface area contributed by atoms with Gasteiger partial charge in [0.15, 0.2) is 0 Å². The van der Waals surface area contributed by atoms with Crippen molar-refractivity contribution in [3.63, 3.8) is 0 Å². The van der Waals surface area contributed by atoms with Gasteiger partial charge in [0, 0.05) is 0 Å². The topological polar surface area (TPSA) is 57.5 Å². The van der Waals surface area contributed by atoms with Gasteiger partial charge in [-0.1, -0.05) is 39.0 Å². The Hall–Kier alpha value is 1.24. The van der Waals surface area contributed by atoms with E-state index in [4.69, 9.17) is 9.79 Å². The molecule has 0 aliphatic carbocycles. The minimum atomic E-state index is -3.79. The van der Waals surface area contributed by atoms with Gasteiger partial charge >= 0.3 is 132 Å². The fourth-order valence-corrected chi connectivity index (χ4v) is 3.75. The van der Waals surface area contributed by atoms with Crippen LogP contribution < -0.4 is 0 Å². The van der Waals surface area contributed by atoms with Gasteiger partial charge in [-0.25, -0.2) is 0 Å². The quantitative estimate of drug-likeness (QED) is 0.162. The molecule has 5 heteroatoms. The molecule has 0 heterocycles. The van der Waals surface area contributed by atoms with Gasteiger partial charge in [-0.15, -0.1) is 0 Å². The second-order valence-corrected chi connectivity index (χ2v) is 12.1. The zero-order valence-electron chi connectivity index (χ0n) is 14.9. The van der Waals surface area contributed by atoms with Gasteiger partial charge in [0.1, 0.15) is 0 Å². The SMILES string of the molecule is CCCCCCCC/C=C\CCCCCCC[CH]([Nd])P(=O)(O)O. The van der Waals surface area contributed by atoms with E-state index in [9.17, 15) is 4.57 Å². The average molecular weight is 476 g/mol. The van der Waals surface area contributed by atoms with Gasteiger partial charge in [0.05, 0.1) is 0 Å². The van der Waals surface area contributed by atoms with E-state index in [1.54, 1.807) is 0 Å². The van der Waals surface area contributed by atoms with Crippen molar-refractivity contribution >= 4 is 7.60 Å². The fraction of sp³-hybridized carbons (Fsp3) is 0.889. The summed E-state index contributed by atoms with van der Waals surface area (Å²) in [6.07, 6.45) is 21.8. The van der Waals surface area contributed by atoms with Gasteiger partial charge < -0.3 is 0 Å². The summed E-state index contributed by atoms with van der Waals surface area (Å²) < 4.78 is 10.7. The van der Waals surface area contributed by atoms with E-state index in [-0.39, 0.29) is 1.31 Å². The van der Waals surface area contributed by atoms with Crippen LogP contribution in [0.3, 0.4) is 0 Å². The summed E-state index contributed by atoms with van der Waals surface area (Å²) in [5, 5.41) is 0. The van der Waals surface area contributed by atoms with Crippen LogP contribution in [0.1, 0.15) is 96.8 Å². The first-order valence-corrected chi connectivity index (χ1v) is 12.9. The van der Waals surface area contributed by atoms with E-state index in [2.05, 4.69) is 19.1 Å². The molecule has 0 aromatic heterocycles. The van der Waals surface area contributed by atoms with Crippen molar-refractivity contribution in [1.29, 1.82) is 0 Å². The second kappa shape index (κ2) is 16.7. The van der Waals surface area contributed by atoms with Crippen LogP contribution in [-0.4, -0.2) is 11.1 Å². The third kappa shape index (κ3) is 17.8. The molecule has 0 fully saturated rings. The van der Waals surface area contributed by atoms with Gasteiger partial charge in [-0.3, -0.25) is 0 Å². The van der Waals surface area contributed by atoms with Gasteiger partial charge in [-0.05, 0) is 0 Å². The van der Waals surface area contributed by atoms with Crippen molar-refractivity contribution < 1.29 is 53.1 Å². The van der Waals surface area contributed by atoms with Crippen molar-refractivity contribution in [3.05, 3.63) is 12.2 Å². The molecule has 23 heavy (non-hydrogen) atoms. The Bertz CT molecular complexity index is 328. The minimum absolute atomic E-state index is 0.340. The van der Waals surface area contributed by atoms with Crippen LogP contribution in [0.2, 0.25) is 0 Å². The first kappa shape index (κ1) is 24.2. The molecule has 1 atom stereocenters. The van der Waals surface area contributed by atoms with Crippen LogP contribution in [0.4, 0.5) is 0 Å². The second-order valence-electron chi connectivity index (χ2n) is 6.48. The summed E-state index contributed by atoms with van der Waals surface area (Å²) in [7, 11) is -3.79. The zero-order valence-corrected chi connectivity index (χ0v) is 19.0. The monoisotopic (exact) mass is 473 g/mol. The molecule has 3 nitrogen and oxygen atoms in total. The number of rotatable bonds is 16. The molecule has 135 valence electrons. The summed E-state index contributed by atoms with van der Waals surface area (Å²) in [5.74, 6) is 0. The number of allylic oxidation sites excluding steroid dienone is 2. The summed E-state index contributed by atoms with van der Waals surface area (Å²) in [6.45, 7) is 2.26. The van der Waals surface area contributed by atoms with E-state index < -0.39 is 7.60 Å². The first-order chi connectivity index (χ1) is 11.0. The first-order valence-electron chi connectivity index (χ1n) is 9.39. The third-order valence-corrected chi connectivity index (χ3v) is 9.38. The Labute approximate surface area is 169 Å². The molecular weight excluding hydrogens is 439 g/mol. The molecule has 0 rings (SSSR count). The van der Waals surface area contributed by atoms with Crippen LogP contribution in [-0.2, 0) is 4.57 Å². The Kier molecular flexibility index (Phi) is 17.6. The van der Waals surface area contributed by atoms with Crippen molar-refractivity contribution in [2.75, 3.05) is 0 Å². The van der Waals surface area contributed by atoms with Crippen LogP contribution in [0.25, 0.3) is 0 Å². The van der Waals surface area contributed by atoms with Crippen molar-refractivity contribution in [1.82, 2.24) is 0 Å². The van der Waals surface area contributed by atoms with Crippen molar-refractivity contribution in [2.24, 2.45) is 0 Å². The molecule has 0 bridgehead atoms. The Morgan fingerprint density at radius 1 is 0.826 bits per heavy atom. The number of hydrogen-bond donors (Lipinski definition) is 2. The Morgan fingerprint density at radius 2 is 1.26 bits per heavy atom. The van der Waals surface area contributed by atoms with E-state index in [0.717, 1.165) is 12.8 Å². The Morgan fingerprint density at radius 3 is 1.74 bits per heavy atom. The van der Waals surface area contributed by atoms with Crippen LogP contribution in [0.5, 0.6) is 0 Å². The molecule has 0 radical (unpaired) electrons. The molecule has 1 unspecified atom stereocenters. The number of unbranched alkanes of at least 4 members (excludes halogenated alkanes) is 11.